The minimum absolute atomic E-state index is 0.765. The molecule has 0 amide bonds. The molecule has 0 atom stereocenters. The SMILES string of the molecule is Cc1cn(Cc2ccc(Cl)cc2)c2cc(N)ccc12. The quantitative estimate of drug-likeness (QED) is 0.694. The summed E-state index contributed by atoms with van der Waals surface area (Å²) in [7, 11) is 0. The number of aromatic nitrogens is 1. The number of hydrogen-bond donors (Lipinski definition) is 1. The van der Waals surface area contributed by atoms with Crippen LogP contribution in [0.2, 0.25) is 5.02 Å². The van der Waals surface area contributed by atoms with Gasteiger partial charge in [0.25, 0.3) is 0 Å². The minimum Gasteiger partial charge on any atom is -0.399 e. The lowest BCUT2D eigenvalue weighted by Gasteiger charge is -2.06. The lowest BCUT2D eigenvalue weighted by atomic mass is 10.2. The number of hydrogen-bond acceptors (Lipinski definition) is 1. The van der Waals surface area contributed by atoms with E-state index in [1.54, 1.807) is 0 Å². The number of fused-ring (bicyclic) bond motifs is 1. The van der Waals surface area contributed by atoms with E-state index in [9.17, 15) is 0 Å². The second kappa shape index (κ2) is 4.63. The van der Waals surface area contributed by atoms with Gasteiger partial charge in [0, 0.05) is 28.8 Å². The predicted molar refractivity (Wildman–Crippen MR) is 81.6 cm³/mol. The van der Waals surface area contributed by atoms with Gasteiger partial charge in [-0.05, 0) is 42.3 Å². The van der Waals surface area contributed by atoms with Crippen molar-refractivity contribution in [3.63, 3.8) is 0 Å². The highest BCUT2D eigenvalue weighted by Crippen LogP contribution is 2.24. The molecule has 1 heterocycles. The maximum atomic E-state index is 5.91. The molecule has 96 valence electrons. The smallest absolute Gasteiger partial charge is 0.0506 e. The van der Waals surface area contributed by atoms with Gasteiger partial charge in [0.05, 0.1) is 5.52 Å². The molecule has 0 saturated heterocycles. The molecule has 0 unspecified atom stereocenters. The largest absolute Gasteiger partial charge is 0.399 e. The van der Waals surface area contributed by atoms with Gasteiger partial charge in [-0.1, -0.05) is 29.8 Å². The van der Waals surface area contributed by atoms with E-state index in [0.717, 1.165) is 17.3 Å². The number of benzene rings is 2. The van der Waals surface area contributed by atoms with Crippen molar-refractivity contribution in [2.75, 3.05) is 5.73 Å². The van der Waals surface area contributed by atoms with Crippen molar-refractivity contribution in [3.05, 3.63) is 64.8 Å². The summed E-state index contributed by atoms with van der Waals surface area (Å²) in [6.07, 6.45) is 2.17. The molecule has 2 nitrogen and oxygen atoms in total. The first-order valence-corrected chi connectivity index (χ1v) is 6.61. The van der Waals surface area contributed by atoms with Crippen LogP contribution in [0.5, 0.6) is 0 Å². The van der Waals surface area contributed by atoms with Crippen molar-refractivity contribution in [2.45, 2.75) is 13.5 Å². The molecule has 0 aliphatic carbocycles. The Morgan fingerprint density at radius 3 is 2.58 bits per heavy atom. The Bertz CT molecular complexity index is 726. The molecule has 19 heavy (non-hydrogen) atoms. The van der Waals surface area contributed by atoms with Crippen LogP contribution < -0.4 is 5.73 Å². The number of nitrogens with two attached hydrogens (primary N) is 1. The lowest BCUT2D eigenvalue weighted by molar-refractivity contribution is 0.834. The minimum atomic E-state index is 0.765. The zero-order chi connectivity index (χ0) is 13.4. The van der Waals surface area contributed by atoms with Crippen molar-refractivity contribution in [1.82, 2.24) is 4.57 Å². The topological polar surface area (TPSA) is 30.9 Å². The number of halogens is 1. The molecule has 2 N–H and O–H groups in total. The standard InChI is InChI=1S/C16H15ClN2/c1-11-9-19(10-12-2-4-13(17)5-3-12)16-8-14(18)6-7-15(11)16/h2-9H,10,18H2,1H3. The molecule has 2 aromatic carbocycles. The van der Waals surface area contributed by atoms with Gasteiger partial charge in [0.1, 0.15) is 0 Å². The van der Waals surface area contributed by atoms with Gasteiger partial charge in [-0.3, -0.25) is 0 Å². The Labute approximate surface area is 117 Å². The van der Waals surface area contributed by atoms with E-state index in [2.05, 4.69) is 35.9 Å². The van der Waals surface area contributed by atoms with Crippen LogP contribution in [-0.2, 0) is 6.54 Å². The van der Waals surface area contributed by atoms with E-state index in [1.165, 1.54) is 22.0 Å². The van der Waals surface area contributed by atoms with Crippen LogP contribution in [0.25, 0.3) is 10.9 Å². The zero-order valence-electron chi connectivity index (χ0n) is 10.7. The van der Waals surface area contributed by atoms with Crippen LogP contribution in [0, 0.1) is 6.92 Å². The Morgan fingerprint density at radius 1 is 1.11 bits per heavy atom. The summed E-state index contributed by atoms with van der Waals surface area (Å²) in [6.45, 7) is 2.95. The van der Waals surface area contributed by atoms with Crippen molar-refractivity contribution < 1.29 is 0 Å². The van der Waals surface area contributed by atoms with Gasteiger partial charge in [-0.2, -0.15) is 0 Å². The molecule has 3 rings (SSSR count). The summed E-state index contributed by atoms with van der Waals surface area (Å²) in [5, 5.41) is 2.02. The first-order valence-electron chi connectivity index (χ1n) is 6.23. The fourth-order valence-electron chi connectivity index (χ4n) is 2.41. The lowest BCUT2D eigenvalue weighted by Crippen LogP contribution is -1.98. The summed E-state index contributed by atoms with van der Waals surface area (Å²) in [5.74, 6) is 0. The average molecular weight is 271 g/mol. The van der Waals surface area contributed by atoms with Crippen LogP contribution in [-0.4, -0.2) is 4.57 Å². The maximum absolute atomic E-state index is 5.91. The number of aryl methyl sites for hydroxylation is 1. The molecule has 3 heteroatoms. The third-order valence-electron chi connectivity index (χ3n) is 3.37. The molecule has 0 fully saturated rings. The van der Waals surface area contributed by atoms with E-state index < -0.39 is 0 Å². The number of nitrogen functional groups attached to an aromatic ring is 1. The second-order valence-corrected chi connectivity index (χ2v) is 5.28. The third-order valence-corrected chi connectivity index (χ3v) is 3.62. The monoisotopic (exact) mass is 270 g/mol. The molecule has 0 radical (unpaired) electrons. The van der Waals surface area contributed by atoms with Gasteiger partial charge in [-0.15, -0.1) is 0 Å². The Morgan fingerprint density at radius 2 is 1.84 bits per heavy atom. The van der Waals surface area contributed by atoms with Crippen LogP contribution >= 0.6 is 11.6 Å². The Balaban J connectivity index is 2.05. The molecule has 0 spiro atoms. The fraction of sp³-hybridized carbons (Fsp3) is 0.125. The van der Waals surface area contributed by atoms with Crippen molar-refractivity contribution in [3.8, 4) is 0 Å². The zero-order valence-corrected chi connectivity index (χ0v) is 11.5. The number of rotatable bonds is 2. The van der Waals surface area contributed by atoms with Crippen LogP contribution in [0.15, 0.2) is 48.7 Å². The first-order chi connectivity index (χ1) is 9.13. The summed E-state index contributed by atoms with van der Waals surface area (Å²) in [4.78, 5) is 0. The van der Waals surface area contributed by atoms with Crippen molar-refractivity contribution in [1.29, 1.82) is 0 Å². The Kier molecular flexibility index (Phi) is 2.96. The van der Waals surface area contributed by atoms with E-state index in [4.69, 9.17) is 17.3 Å². The molecule has 0 aliphatic rings. The van der Waals surface area contributed by atoms with Crippen molar-refractivity contribution in [2.24, 2.45) is 0 Å². The Hall–Kier alpha value is -1.93. The summed E-state index contributed by atoms with van der Waals surface area (Å²) in [5.41, 5.74) is 10.3. The van der Waals surface area contributed by atoms with E-state index in [1.807, 2.05) is 24.3 Å². The van der Waals surface area contributed by atoms with E-state index >= 15 is 0 Å². The molecule has 1 aromatic heterocycles. The molecule has 0 bridgehead atoms. The normalized spacial score (nSPS) is 11.1. The summed E-state index contributed by atoms with van der Waals surface area (Å²) < 4.78 is 2.23. The summed E-state index contributed by atoms with van der Waals surface area (Å²) in [6, 6.07) is 14.0. The molecule has 0 saturated carbocycles. The van der Waals surface area contributed by atoms with Crippen LogP contribution in [0.3, 0.4) is 0 Å². The molecule has 0 aliphatic heterocycles. The fourth-order valence-corrected chi connectivity index (χ4v) is 2.54. The second-order valence-electron chi connectivity index (χ2n) is 4.84. The highest BCUT2D eigenvalue weighted by molar-refractivity contribution is 6.30. The molecular weight excluding hydrogens is 256 g/mol. The maximum Gasteiger partial charge on any atom is 0.0506 e. The van der Waals surface area contributed by atoms with Gasteiger partial charge in [0.2, 0.25) is 0 Å². The number of anilines is 1. The number of nitrogens with zero attached hydrogens (tertiary/aromatic N) is 1. The molecule has 3 aromatic rings. The highest BCUT2D eigenvalue weighted by atomic mass is 35.5. The van der Waals surface area contributed by atoms with Crippen LogP contribution in [0.4, 0.5) is 5.69 Å². The van der Waals surface area contributed by atoms with Crippen LogP contribution in [0.1, 0.15) is 11.1 Å². The predicted octanol–water partition coefficient (Wildman–Crippen LogP) is 4.23. The van der Waals surface area contributed by atoms with Gasteiger partial charge in [0.15, 0.2) is 0 Å². The first kappa shape index (κ1) is 12.1. The third kappa shape index (κ3) is 2.32. The highest BCUT2D eigenvalue weighted by Gasteiger charge is 2.06. The van der Waals surface area contributed by atoms with Gasteiger partial charge >= 0.3 is 0 Å². The average Bonchev–Trinajstić information content (AvgIpc) is 2.69. The molecular formula is C16H15ClN2. The van der Waals surface area contributed by atoms with Gasteiger partial charge < -0.3 is 10.3 Å². The summed E-state index contributed by atoms with van der Waals surface area (Å²) >= 11 is 5.91. The van der Waals surface area contributed by atoms with E-state index in [-0.39, 0.29) is 0 Å². The van der Waals surface area contributed by atoms with Crippen molar-refractivity contribution >= 4 is 28.2 Å². The van der Waals surface area contributed by atoms with Gasteiger partial charge in [-0.25, -0.2) is 0 Å². The van der Waals surface area contributed by atoms with E-state index in [0.29, 0.717) is 0 Å².